The molecule has 0 aliphatic rings. The summed E-state index contributed by atoms with van der Waals surface area (Å²) in [7, 11) is 0. The molecule has 0 spiro atoms. The van der Waals surface area contributed by atoms with Crippen molar-refractivity contribution in [1.82, 2.24) is 0 Å². The molecule has 5 heteroatoms. The highest BCUT2D eigenvalue weighted by atomic mass is 79.9. The Hall–Kier alpha value is -1.38. The van der Waals surface area contributed by atoms with E-state index in [1.807, 2.05) is 6.07 Å². The van der Waals surface area contributed by atoms with Gasteiger partial charge in [0.1, 0.15) is 0 Å². The predicted molar refractivity (Wildman–Crippen MR) is 51.5 cm³/mol. The van der Waals surface area contributed by atoms with Gasteiger partial charge < -0.3 is 10.2 Å². The van der Waals surface area contributed by atoms with Crippen LogP contribution in [0.25, 0.3) is 0 Å². The van der Waals surface area contributed by atoms with Gasteiger partial charge in [0, 0.05) is 10.0 Å². The van der Waals surface area contributed by atoms with Crippen LogP contribution in [0.1, 0.15) is 17.2 Å². The van der Waals surface area contributed by atoms with E-state index < -0.39 is 12.1 Å². The average molecular weight is 256 g/mol. The van der Waals surface area contributed by atoms with Gasteiger partial charge in [-0.25, -0.2) is 4.79 Å². The molecule has 0 aromatic heterocycles. The summed E-state index contributed by atoms with van der Waals surface area (Å²) in [5, 5.41) is 26.5. The zero-order chi connectivity index (χ0) is 10.7. The van der Waals surface area contributed by atoms with Crippen molar-refractivity contribution >= 4 is 21.9 Å². The van der Waals surface area contributed by atoms with E-state index in [0.29, 0.717) is 4.47 Å². The van der Waals surface area contributed by atoms with Gasteiger partial charge in [0.25, 0.3) is 0 Å². The maximum atomic E-state index is 10.5. The van der Waals surface area contributed by atoms with Gasteiger partial charge in [-0.05, 0) is 12.1 Å². The number of carbonyl (C=O) groups is 1. The molecule has 1 aromatic rings. The third-order valence-corrected chi connectivity index (χ3v) is 2.16. The number of aliphatic hydroxyl groups is 1. The van der Waals surface area contributed by atoms with E-state index in [2.05, 4.69) is 15.9 Å². The fraction of sp³-hybridized carbons (Fsp3) is 0.111. The molecule has 0 bridgehead atoms. The number of halogens is 1. The molecule has 0 saturated carbocycles. The molecule has 1 aromatic carbocycles. The molecule has 0 radical (unpaired) electrons. The van der Waals surface area contributed by atoms with E-state index in [0.717, 1.165) is 0 Å². The van der Waals surface area contributed by atoms with Gasteiger partial charge in [0.2, 0.25) is 0 Å². The molecule has 2 N–H and O–H groups in total. The Labute approximate surface area is 88.5 Å². The molecule has 0 fully saturated rings. The molecule has 72 valence electrons. The molecule has 0 aliphatic carbocycles. The molecule has 1 unspecified atom stereocenters. The highest BCUT2D eigenvalue weighted by Crippen LogP contribution is 2.21. The van der Waals surface area contributed by atoms with Crippen LogP contribution >= 0.6 is 15.9 Å². The Bertz CT molecular complexity index is 411. The standard InChI is InChI=1S/C9H6BrNO3/c10-6-1-2-7(5(3-6)4-11)8(12)9(13)14/h1-3,8,12H,(H,13,14). The third-order valence-electron chi connectivity index (χ3n) is 1.66. The van der Waals surface area contributed by atoms with Crippen LogP contribution in [0, 0.1) is 11.3 Å². The van der Waals surface area contributed by atoms with Crippen LogP contribution in [-0.2, 0) is 4.79 Å². The first-order valence-electron chi connectivity index (χ1n) is 3.66. The van der Waals surface area contributed by atoms with E-state index in [1.54, 1.807) is 6.07 Å². The van der Waals surface area contributed by atoms with Crippen molar-refractivity contribution in [3.05, 3.63) is 33.8 Å². The summed E-state index contributed by atoms with van der Waals surface area (Å²) in [6, 6.07) is 6.25. The summed E-state index contributed by atoms with van der Waals surface area (Å²) < 4.78 is 0.662. The zero-order valence-corrected chi connectivity index (χ0v) is 8.52. The zero-order valence-electron chi connectivity index (χ0n) is 6.94. The van der Waals surface area contributed by atoms with Crippen molar-refractivity contribution in [2.75, 3.05) is 0 Å². The number of nitriles is 1. The summed E-state index contributed by atoms with van der Waals surface area (Å²) in [5.41, 5.74) is 0.248. The van der Waals surface area contributed by atoms with Crippen LogP contribution in [0.3, 0.4) is 0 Å². The number of aliphatic hydroxyl groups excluding tert-OH is 1. The van der Waals surface area contributed by atoms with Gasteiger partial charge in [-0.3, -0.25) is 0 Å². The summed E-state index contributed by atoms with van der Waals surface area (Å²) in [6.07, 6.45) is -1.65. The van der Waals surface area contributed by atoms with Gasteiger partial charge in [-0.2, -0.15) is 5.26 Å². The van der Waals surface area contributed by atoms with Gasteiger partial charge >= 0.3 is 5.97 Å². The second-order valence-electron chi connectivity index (χ2n) is 2.58. The maximum Gasteiger partial charge on any atom is 0.337 e. The van der Waals surface area contributed by atoms with Crippen molar-refractivity contribution in [2.24, 2.45) is 0 Å². The topological polar surface area (TPSA) is 81.3 Å². The maximum absolute atomic E-state index is 10.5. The molecule has 0 heterocycles. The first-order valence-corrected chi connectivity index (χ1v) is 4.46. The lowest BCUT2D eigenvalue weighted by molar-refractivity contribution is -0.146. The number of aliphatic carboxylic acids is 1. The molecule has 14 heavy (non-hydrogen) atoms. The molecule has 4 nitrogen and oxygen atoms in total. The SMILES string of the molecule is N#Cc1cc(Br)ccc1C(O)C(=O)O. The van der Waals surface area contributed by atoms with Crippen LogP contribution in [0.15, 0.2) is 22.7 Å². The minimum absolute atomic E-state index is 0.100. The second-order valence-corrected chi connectivity index (χ2v) is 3.50. The summed E-state index contributed by atoms with van der Waals surface area (Å²) in [6.45, 7) is 0. The smallest absolute Gasteiger partial charge is 0.337 e. The quantitative estimate of drug-likeness (QED) is 0.838. The number of carboxylic acid groups (broad SMARTS) is 1. The van der Waals surface area contributed by atoms with E-state index in [1.165, 1.54) is 12.1 Å². The number of hydrogen-bond acceptors (Lipinski definition) is 3. The number of benzene rings is 1. The van der Waals surface area contributed by atoms with Crippen molar-refractivity contribution in [2.45, 2.75) is 6.10 Å². The number of nitrogens with zero attached hydrogens (tertiary/aromatic N) is 1. The minimum Gasteiger partial charge on any atom is -0.479 e. The van der Waals surface area contributed by atoms with Crippen LogP contribution < -0.4 is 0 Å². The molecule has 1 atom stereocenters. The monoisotopic (exact) mass is 255 g/mol. The van der Waals surface area contributed by atoms with E-state index in [4.69, 9.17) is 10.4 Å². The van der Waals surface area contributed by atoms with Crippen molar-refractivity contribution < 1.29 is 15.0 Å². The lowest BCUT2D eigenvalue weighted by Crippen LogP contribution is -2.11. The van der Waals surface area contributed by atoms with Crippen LogP contribution in [0.4, 0.5) is 0 Å². The Kier molecular flexibility index (Phi) is 3.23. The minimum atomic E-state index is -1.65. The van der Waals surface area contributed by atoms with Crippen LogP contribution in [0.5, 0.6) is 0 Å². The number of hydrogen-bond donors (Lipinski definition) is 2. The summed E-state index contributed by atoms with van der Waals surface area (Å²) in [5.74, 6) is -1.37. The van der Waals surface area contributed by atoms with Crippen LogP contribution in [-0.4, -0.2) is 16.2 Å². The van der Waals surface area contributed by atoms with Gasteiger partial charge in [0.15, 0.2) is 6.10 Å². The average Bonchev–Trinajstić information content (AvgIpc) is 2.16. The van der Waals surface area contributed by atoms with Gasteiger partial charge in [-0.15, -0.1) is 0 Å². The third kappa shape index (κ3) is 2.10. The van der Waals surface area contributed by atoms with Gasteiger partial charge in [-0.1, -0.05) is 22.0 Å². The Morgan fingerprint density at radius 2 is 2.21 bits per heavy atom. The van der Waals surface area contributed by atoms with Crippen molar-refractivity contribution in [3.63, 3.8) is 0 Å². The molecular formula is C9H6BrNO3. The fourth-order valence-corrected chi connectivity index (χ4v) is 1.36. The Balaban J connectivity index is 3.22. The number of carboxylic acids is 1. The Morgan fingerprint density at radius 3 is 2.71 bits per heavy atom. The van der Waals surface area contributed by atoms with Gasteiger partial charge in [0.05, 0.1) is 11.6 Å². The highest BCUT2D eigenvalue weighted by Gasteiger charge is 2.19. The normalized spacial score (nSPS) is 11.8. The molecule has 1 rings (SSSR count). The van der Waals surface area contributed by atoms with E-state index in [-0.39, 0.29) is 11.1 Å². The van der Waals surface area contributed by atoms with E-state index in [9.17, 15) is 9.90 Å². The lowest BCUT2D eigenvalue weighted by atomic mass is 10.0. The van der Waals surface area contributed by atoms with Crippen molar-refractivity contribution in [3.8, 4) is 6.07 Å². The molecule has 0 aliphatic heterocycles. The first kappa shape index (κ1) is 10.7. The fourth-order valence-electron chi connectivity index (χ4n) is 0.997. The predicted octanol–water partition coefficient (Wildman–Crippen LogP) is 1.44. The lowest BCUT2D eigenvalue weighted by Gasteiger charge is -2.07. The Morgan fingerprint density at radius 1 is 1.57 bits per heavy atom. The number of rotatable bonds is 2. The summed E-state index contributed by atoms with van der Waals surface area (Å²) >= 11 is 3.14. The molecule has 0 amide bonds. The van der Waals surface area contributed by atoms with Crippen LogP contribution in [0.2, 0.25) is 0 Å². The second kappa shape index (κ2) is 4.22. The summed E-state index contributed by atoms with van der Waals surface area (Å²) in [4.78, 5) is 10.5. The largest absolute Gasteiger partial charge is 0.479 e. The highest BCUT2D eigenvalue weighted by molar-refractivity contribution is 9.10. The van der Waals surface area contributed by atoms with Crippen molar-refractivity contribution in [1.29, 1.82) is 5.26 Å². The van der Waals surface area contributed by atoms with E-state index >= 15 is 0 Å². The molecular weight excluding hydrogens is 250 g/mol. The first-order chi connectivity index (χ1) is 6.56. The molecule has 0 saturated heterocycles.